The molecule has 0 aliphatic heterocycles. The number of fused-ring (bicyclic) bond motifs is 1. The van der Waals surface area contributed by atoms with Gasteiger partial charge in [-0.2, -0.15) is 0 Å². The summed E-state index contributed by atoms with van der Waals surface area (Å²) in [7, 11) is -2.55. The molecule has 0 aliphatic carbocycles. The van der Waals surface area contributed by atoms with Crippen LogP contribution in [0.2, 0.25) is 19.6 Å². The van der Waals surface area contributed by atoms with Crippen LogP contribution in [0, 0.1) is 0 Å². The van der Waals surface area contributed by atoms with Crippen LogP contribution >= 0.6 is 0 Å². The molecule has 0 fully saturated rings. The molecule has 0 saturated heterocycles. The standard InChI is InChI=1S/C34H34OSi2/c1-35-30-23-22-27-24-29(21-20-28(27)25-30)34(26-36(2,3)4)37(31-14-8-5-9-15-31,32-16-10-6-11-17-32)33-18-12-7-13-19-33/h5-26H,1-4H3/b34-26+. The van der Waals surface area contributed by atoms with E-state index in [0.717, 1.165) is 5.75 Å². The van der Waals surface area contributed by atoms with Crippen LogP contribution in [0.1, 0.15) is 5.56 Å². The largest absolute Gasteiger partial charge is 0.497 e. The number of methoxy groups -OCH3 is 1. The van der Waals surface area contributed by atoms with Gasteiger partial charge in [0.15, 0.2) is 8.07 Å². The van der Waals surface area contributed by atoms with E-state index >= 15 is 0 Å². The van der Waals surface area contributed by atoms with Gasteiger partial charge in [-0.1, -0.05) is 135 Å². The third-order valence-corrected chi connectivity index (χ3v) is 13.2. The van der Waals surface area contributed by atoms with Gasteiger partial charge in [0.1, 0.15) is 5.75 Å². The molecular weight excluding hydrogens is 481 g/mol. The van der Waals surface area contributed by atoms with Crippen molar-refractivity contribution in [2.24, 2.45) is 0 Å². The third-order valence-electron chi connectivity index (χ3n) is 6.96. The molecular formula is C34H34OSi2. The van der Waals surface area contributed by atoms with Crippen molar-refractivity contribution in [1.29, 1.82) is 0 Å². The molecule has 0 aliphatic rings. The van der Waals surface area contributed by atoms with E-state index in [0.29, 0.717) is 0 Å². The van der Waals surface area contributed by atoms with Crippen LogP contribution in [0.3, 0.4) is 0 Å². The number of benzene rings is 5. The summed E-state index contributed by atoms with van der Waals surface area (Å²) in [5.74, 6) is 0.889. The van der Waals surface area contributed by atoms with Crippen LogP contribution in [0.15, 0.2) is 133 Å². The smallest absolute Gasteiger partial charge is 0.179 e. The van der Waals surface area contributed by atoms with Gasteiger partial charge in [-0.3, -0.25) is 0 Å². The molecule has 5 aromatic rings. The summed E-state index contributed by atoms with van der Waals surface area (Å²) >= 11 is 0. The molecule has 0 heterocycles. The Bertz CT molecular complexity index is 1420. The molecule has 37 heavy (non-hydrogen) atoms. The van der Waals surface area contributed by atoms with Crippen molar-refractivity contribution in [3.05, 3.63) is 139 Å². The van der Waals surface area contributed by atoms with Crippen LogP contribution in [-0.4, -0.2) is 23.3 Å². The topological polar surface area (TPSA) is 9.23 Å². The summed E-state index contributed by atoms with van der Waals surface area (Å²) in [5.41, 5.74) is 3.97. The van der Waals surface area contributed by atoms with Crippen LogP contribution < -0.4 is 20.3 Å². The lowest BCUT2D eigenvalue weighted by atomic mass is 10.1. The van der Waals surface area contributed by atoms with E-state index < -0.39 is 16.1 Å². The molecule has 0 spiro atoms. The highest BCUT2D eigenvalue weighted by Gasteiger charge is 2.44. The Morgan fingerprint density at radius 1 is 0.568 bits per heavy atom. The number of rotatable bonds is 7. The van der Waals surface area contributed by atoms with E-state index in [9.17, 15) is 0 Å². The lowest BCUT2D eigenvalue weighted by Crippen LogP contribution is -2.68. The maximum atomic E-state index is 5.49. The molecule has 0 aromatic heterocycles. The van der Waals surface area contributed by atoms with E-state index in [1.54, 1.807) is 7.11 Å². The van der Waals surface area contributed by atoms with Crippen LogP contribution in [-0.2, 0) is 0 Å². The average molecular weight is 515 g/mol. The van der Waals surface area contributed by atoms with Crippen molar-refractivity contribution in [3.8, 4) is 5.75 Å². The Hall–Kier alpha value is -3.67. The highest BCUT2D eigenvalue weighted by molar-refractivity contribution is 7.23. The van der Waals surface area contributed by atoms with Gasteiger partial charge in [-0.15, -0.1) is 0 Å². The second-order valence-corrected chi connectivity index (χ2v) is 19.5. The highest BCUT2D eigenvalue weighted by atomic mass is 28.3. The first-order valence-corrected chi connectivity index (χ1v) is 18.5. The summed E-state index contributed by atoms with van der Waals surface area (Å²) in [6.07, 6.45) is 0. The van der Waals surface area contributed by atoms with E-state index in [-0.39, 0.29) is 0 Å². The third kappa shape index (κ3) is 4.97. The number of ether oxygens (including phenoxy) is 1. The summed E-state index contributed by atoms with van der Waals surface area (Å²) in [6, 6.07) is 47.0. The fourth-order valence-electron chi connectivity index (χ4n) is 5.39. The van der Waals surface area contributed by atoms with E-state index in [4.69, 9.17) is 4.74 Å². The van der Waals surface area contributed by atoms with Crippen LogP contribution in [0.5, 0.6) is 5.75 Å². The van der Waals surface area contributed by atoms with E-state index in [2.05, 4.69) is 153 Å². The zero-order chi connectivity index (χ0) is 25.9. The van der Waals surface area contributed by atoms with Gasteiger partial charge >= 0.3 is 0 Å². The zero-order valence-electron chi connectivity index (χ0n) is 22.1. The number of hydrogen-bond donors (Lipinski definition) is 0. The molecule has 3 heteroatoms. The Labute approximate surface area is 223 Å². The Kier molecular flexibility index (Phi) is 7.01. The highest BCUT2D eigenvalue weighted by Crippen LogP contribution is 2.32. The second-order valence-electron chi connectivity index (χ2n) is 10.7. The van der Waals surface area contributed by atoms with Gasteiger partial charge in [-0.05, 0) is 55.3 Å². The molecule has 0 amide bonds. The van der Waals surface area contributed by atoms with Crippen LogP contribution in [0.4, 0.5) is 0 Å². The minimum Gasteiger partial charge on any atom is -0.497 e. The van der Waals surface area contributed by atoms with Crippen molar-refractivity contribution in [1.82, 2.24) is 0 Å². The Morgan fingerprint density at radius 2 is 1.03 bits per heavy atom. The van der Waals surface area contributed by atoms with Crippen molar-refractivity contribution in [2.45, 2.75) is 19.6 Å². The van der Waals surface area contributed by atoms with Crippen molar-refractivity contribution in [2.75, 3.05) is 7.11 Å². The Morgan fingerprint density at radius 3 is 1.49 bits per heavy atom. The molecule has 0 saturated carbocycles. The maximum Gasteiger partial charge on any atom is 0.179 e. The van der Waals surface area contributed by atoms with E-state index in [1.165, 1.54) is 37.1 Å². The lowest BCUT2D eigenvalue weighted by Gasteiger charge is -2.38. The molecule has 184 valence electrons. The number of hydrogen-bond acceptors (Lipinski definition) is 1. The first-order chi connectivity index (χ1) is 17.9. The summed E-state index contributed by atoms with van der Waals surface area (Å²) in [5, 5.41) is 8.14. The van der Waals surface area contributed by atoms with Gasteiger partial charge in [0.05, 0.1) is 15.2 Å². The molecule has 0 radical (unpaired) electrons. The maximum absolute atomic E-state index is 5.49. The monoisotopic (exact) mass is 514 g/mol. The first kappa shape index (κ1) is 25.0. The molecule has 0 unspecified atom stereocenters. The minimum atomic E-state index is -2.64. The normalized spacial score (nSPS) is 12.5. The molecule has 1 nitrogen and oxygen atoms in total. The van der Waals surface area contributed by atoms with Crippen molar-refractivity contribution >= 4 is 47.7 Å². The molecule has 0 N–H and O–H groups in total. The van der Waals surface area contributed by atoms with Gasteiger partial charge in [0.25, 0.3) is 0 Å². The summed E-state index contributed by atoms with van der Waals surface area (Å²) in [4.78, 5) is 0. The van der Waals surface area contributed by atoms with Gasteiger partial charge < -0.3 is 4.74 Å². The molecule has 0 atom stereocenters. The van der Waals surface area contributed by atoms with Gasteiger partial charge in [0.2, 0.25) is 0 Å². The Balaban J connectivity index is 1.91. The zero-order valence-corrected chi connectivity index (χ0v) is 24.1. The predicted molar refractivity (Wildman–Crippen MR) is 166 cm³/mol. The summed E-state index contributed by atoms with van der Waals surface area (Å²) in [6.45, 7) is 7.33. The fraction of sp³-hybridized carbons (Fsp3) is 0.118. The van der Waals surface area contributed by atoms with Crippen molar-refractivity contribution < 1.29 is 4.74 Å². The SMILES string of the molecule is COc1ccc2cc(/C(=C\[Si](C)(C)C)[Si](c3ccccc3)(c3ccccc3)c3ccccc3)ccc2c1. The molecule has 5 aromatic carbocycles. The van der Waals surface area contributed by atoms with Gasteiger partial charge in [-0.25, -0.2) is 0 Å². The first-order valence-electron chi connectivity index (χ1n) is 12.9. The molecule has 5 rings (SSSR count). The van der Waals surface area contributed by atoms with Gasteiger partial charge in [0, 0.05) is 0 Å². The van der Waals surface area contributed by atoms with Crippen LogP contribution in [0.25, 0.3) is 16.0 Å². The summed E-state index contributed by atoms with van der Waals surface area (Å²) < 4.78 is 5.49. The van der Waals surface area contributed by atoms with E-state index in [1.807, 2.05) is 0 Å². The molecule has 0 bridgehead atoms. The average Bonchev–Trinajstić information content (AvgIpc) is 2.93. The van der Waals surface area contributed by atoms with Crippen molar-refractivity contribution in [3.63, 3.8) is 0 Å². The second kappa shape index (κ2) is 10.4. The fourth-order valence-corrected chi connectivity index (χ4v) is 13.2. The quantitative estimate of drug-likeness (QED) is 0.171. The lowest BCUT2D eigenvalue weighted by molar-refractivity contribution is 0.415. The predicted octanol–water partition coefficient (Wildman–Crippen LogP) is 6.82. The minimum absolute atomic E-state index is 0.889.